The van der Waals surface area contributed by atoms with Crippen molar-refractivity contribution < 1.29 is 4.79 Å². The average Bonchev–Trinajstić information content (AvgIpc) is 3.12. The third kappa shape index (κ3) is 2.87. The van der Waals surface area contributed by atoms with Gasteiger partial charge in [0.05, 0.1) is 11.9 Å². The Morgan fingerprint density at radius 1 is 1.38 bits per heavy atom. The molecule has 3 aromatic rings. The second kappa shape index (κ2) is 5.92. The predicted molar refractivity (Wildman–Crippen MR) is 83.2 cm³/mol. The monoisotopic (exact) mass is 301 g/mol. The Balaban J connectivity index is 1.60. The Morgan fingerprint density at radius 2 is 2.24 bits per heavy atom. The van der Waals surface area contributed by atoms with Crippen LogP contribution in [0.3, 0.4) is 0 Å². The molecule has 0 aliphatic carbocycles. The van der Waals surface area contributed by atoms with Gasteiger partial charge in [0.1, 0.15) is 4.88 Å². The number of carbonyl (C=O) groups is 1. The molecule has 0 spiro atoms. The van der Waals surface area contributed by atoms with E-state index in [1.165, 1.54) is 11.3 Å². The summed E-state index contributed by atoms with van der Waals surface area (Å²) in [4.78, 5) is 12.8. The van der Waals surface area contributed by atoms with Gasteiger partial charge in [-0.25, -0.2) is 0 Å². The molecule has 0 aliphatic heterocycles. The molecule has 0 saturated heterocycles. The average molecular weight is 301 g/mol. The molecule has 2 aromatic heterocycles. The SMILES string of the molecule is Nc1c(C(=O)NCCCn2ccnn2)sc2ccccc12. The number of benzene rings is 1. The fraction of sp³-hybridized carbons (Fsp3) is 0.214. The summed E-state index contributed by atoms with van der Waals surface area (Å²) in [5.74, 6) is -0.118. The Bertz CT molecular complexity index is 750. The van der Waals surface area contributed by atoms with Crippen LogP contribution in [0.2, 0.25) is 0 Å². The molecule has 21 heavy (non-hydrogen) atoms. The lowest BCUT2D eigenvalue weighted by Crippen LogP contribution is -2.25. The topological polar surface area (TPSA) is 85.8 Å². The molecule has 1 aromatic carbocycles. The molecule has 0 radical (unpaired) electrons. The lowest BCUT2D eigenvalue weighted by molar-refractivity contribution is 0.0957. The molecule has 3 rings (SSSR count). The number of hydrogen-bond donors (Lipinski definition) is 2. The first kappa shape index (κ1) is 13.6. The van der Waals surface area contributed by atoms with Crippen molar-refractivity contribution in [3.05, 3.63) is 41.5 Å². The highest BCUT2D eigenvalue weighted by Crippen LogP contribution is 2.33. The van der Waals surface area contributed by atoms with E-state index in [4.69, 9.17) is 5.73 Å². The number of nitrogens with two attached hydrogens (primary N) is 1. The summed E-state index contributed by atoms with van der Waals surface area (Å²) >= 11 is 1.42. The summed E-state index contributed by atoms with van der Waals surface area (Å²) in [6.45, 7) is 1.30. The lowest BCUT2D eigenvalue weighted by Gasteiger charge is -2.04. The number of aromatic nitrogens is 3. The van der Waals surface area contributed by atoms with Crippen LogP contribution in [0, 0.1) is 0 Å². The maximum Gasteiger partial charge on any atom is 0.263 e. The fourth-order valence-electron chi connectivity index (χ4n) is 2.11. The van der Waals surface area contributed by atoms with Gasteiger partial charge in [-0.05, 0) is 12.5 Å². The van der Waals surface area contributed by atoms with Crippen molar-refractivity contribution in [1.29, 1.82) is 0 Å². The van der Waals surface area contributed by atoms with Gasteiger partial charge in [0.15, 0.2) is 0 Å². The molecule has 0 unspecified atom stereocenters. The normalized spacial score (nSPS) is 10.9. The van der Waals surface area contributed by atoms with Gasteiger partial charge in [-0.1, -0.05) is 23.4 Å². The van der Waals surface area contributed by atoms with E-state index in [0.29, 0.717) is 17.1 Å². The quantitative estimate of drug-likeness (QED) is 0.705. The Labute approximate surface area is 125 Å². The van der Waals surface area contributed by atoms with Gasteiger partial charge in [-0.2, -0.15) is 0 Å². The van der Waals surface area contributed by atoms with Crippen molar-refractivity contribution in [1.82, 2.24) is 20.3 Å². The lowest BCUT2D eigenvalue weighted by atomic mass is 10.2. The van der Waals surface area contributed by atoms with Crippen LogP contribution in [0.15, 0.2) is 36.7 Å². The van der Waals surface area contributed by atoms with E-state index in [1.807, 2.05) is 24.3 Å². The molecule has 0 fully saturated rings. The van der Waals surface area contributed by atoms with E-state index in [2.05, 4.69) is 15.6 Å². The molecule has 6 nitrogen and oxygen atoms in total. The minimum atomic E-state index is -0.118. The summed E-state index contributed by atoms with van der Waals surface area (Å²) in [5.41, 5.74) is 6.61. The molecule has 0 atom stereocenters. The molecule has 7 heteroatoms. The molecule has 3 N–H and O–H groups in total. The van der Waals surface area contributed by atoms with Crippen molar-refractivity contribution in [2.75, 3.05) is 12.3 Å². The number of aryl methyl sites for hydroxylation is 1. The van der Waals surface area contributed by atoms with E-state index in [1.54, 1.807) is 17.1 Å². The number of thiophene rings is 1. The second-order valence-corrected chi connectivity index (χ2v) is 5.67. The van der Waals surface area contributed by atoms with Crippen molar-refractivity contribution >= 4 is 33.0 Å². The van der Waals surface area contributed by atoms with Crippen LogP contribution in [0.4, 0.5) is 5.69 Å². The third-order valence-electron chi connectivity index (χ3n) is 3.16. The highest BCUT2D eigenvalue weighted by atomic mass is 32.1. The Morgan fingerprint density at radius 3 is 3.00 bits per heavy atom. The number of amides is 1. The van der Waals surface area contributed by atoms with Crippen LogP contribution in [0.5, 0.6) is 0 Å². The minimum absolute atomic E-state index is 0.118. The van der Waals surface area contributed by atoms with Crippen molar-refractivity contribution in [3.8, 4) is 0 Å². The van der Waals surface area contributed by atoms with Crippen molar-refractivity contribution in [2.45, 2.75) is 13.0 Å². The van der Waals surface area contributed by atoms with E-state index in [-0.39, 0.29) is 5.91 Å². The van der Waals surface area contributed by atoms with Crippen LogP contribution in [0.25, 0.3) is 10.1 Å². The zero-order chi connectivity index (χ0) is 14.7. The van der Waals surface area contributed by atoms with E-state index >= 15 is 0 Å². The van der Waals surface area contributed by atoms with Gasteiger partial charge < -0.3 is 11.1 Å². The maximum absolute atomic E-state index is 12.2. The highest BCUT2D eigenvalue weighted by molar-refractivity contribution is 7.21. The molecule has 0 bridgehead atoms. The summed E-state index contributed by atoms with van der Waals surface area (Å²) in [5, 5.41) is 11.4. The Hall–Kier alpha value is -2.41. The van der Waals surface area contributed by atoms with E-state index in [9.17, 15) is 4.79 Å². The van der Waals surface area contributed by atoms with Gasteiger partial charge in [0.2, 0.25) is 0 Å². The maximum atomic E-state index is 12.2. The molecule has 0 aliphatic rings. The number of fused-ring (bicyclic) bond motifs is 1. The smallest absolute Gasteiger partial charge is 0.263 e. The first-order valence-electron chi connectivity index (χ1n) is 6.65. The summed E-state index contributed by atoms with van der Waals surface area (Å²) in [7, 11) is 0. The second-order valence-electron chi connectivity index (χ2n) is 4.62. The first-order chi connectivity index (χ1) is 10.3. The fourth-order valence-corrected chi connectivity index (χ4v) is 3.15. The zero-order valence-corrected chi connectivity index (χ0v) is 12.1. The van der Waals surface area contributed by atoms with Crippen molar-refractivity contribution in [3.63, 3.8) is 0 Å². The molecule has 0 saturated carbocycles. The number of carbonyl (C=O) groups excluding carboxylic acids is 1. The number of rotatable bonds is 5. The Kier molecular flexibility index (Phi) is 3.83. The summed E-state index contributed by atoms with van der Waals surface area (Å²) in [6, 6.07) is 7.77. The highest BCUT2D eigenvalue weighted by Gasteiger charge is 2.15. The van der Waals surface area contributed by atoms with Gasteiger partial charge >= 0.3 is 0 Å². The number of nitrogens with one attached hydrogen (secondary N) is 1. The number of nitrogens with zero attached hydrogens (tertiary/aromatic N) is 3. The minimum Gasteiger partial charge on any atom is -0.397 e. The van der Waals surface area contributed by atoms with Crippen molar-refractivity contribution in [2.24, 2.45) is 0 Å². The number of hydrogen-bond acceptors (Lipinski definition) is 5. The van der Waals surface area contributed by atoms with E-state index < -0.39 is 0 Å². The molecule has 2 heterocycles. The summed E-state index contributed by atoms with van der Waals surface area (Å²) in [6.07, 6.45) is 4.22. The molecular formula is C14H15N5OS. The van der Waals surface area contributed by atoms with Crippen LogP contribution >= 0.6 is 11.3 Å². The summed E-state index contributed by atoms with van der Waals surface area (Å²) < 4.78 is 2.77. The first-order valence-corrected chi connectivity index (χ1v) is 7.46. The molecular weight excluding hydrogens is 286 g/mol. The van der Waals surface area contributed by atoms with Gasteiger partial charge in [0, 0.05) is 29.4 Å². The predicted octanol–water partition coefficient (Wildman–Crippen LogP) is 1.90. The van der Waals surface area contributed by atoms with Gasteiger partial charge in [-0.15, -0.1) is 16.4 Å². The molecule has 1 amide bonds. The number of nitrogen functional groups attached to an aromatic ring is 1. The third-order valence-corrected chi connectivity index (χ3v) is 4.35. The number of anilines is 1. The van der Waals surface area contributed by atoms with Crippen LogP contribution in [-0.2, 0) is 6.54 Å². The van der Waals surface area contributed by atoms with Gasteiger partial charge in [-0.3, -0.25) is 9.48 Å². The van der Waals surface area contributed by atoms with Crippen LogP contribution < -0.4 is 11.1 Å². The van der Waals surface area contributed by atoms with Gasteiger partial charge in [0.25, 0.3) is 5.91 Å². The van der Waals surface area contributed by atoms with E-state index in [0.717, 1.165) is 23.1 Å². The standard InChI is InChI=1S/C14H15N5OS/c15-12-10-4-1-2-5-11(10)21-13(12)14(20)16-6-3-8-19-9-7-17-18-19/h1-2,4-5,7,9H,3,6,8,15H2,(H,16,20). The largest absolute Gasteiger partial charge is 0.397 e. The zero-order valence-electron chi connectivity index (χ0n) is 11.3. The van der Waals surface area contributed by atoms with Crippen LogP contribution in [0.1, 0.15) is 16.1 Å². The molecule has 108 valence electrons. The van der Waals surface area contributed by atoms with Crippen LogP contribution in [-0.4, -0.2) is 27.4 Å².